The summed E-state index contributed by atoms with van der Waals surface area (Å²) >= 11 is 17.7. The van der Waals surface area contributed by atoms with Crippen LogP contribution in [0.2, 0.25) is 0 Å². The van der Waals surface area contributed by atoms with Crippen LogP contribution < -0.4 is 5.32 Å². The average molecular weight is 539 g/mol. The van der Waals surface area contributed by atoms with Gasteiger partial charge in [0.1, 0.15) is 12.2 Å². The molecule has 12 heteroatoms. The quantitative estimate of drug-likeness (QED) is 0.337. The van der Waals surface area contributed by atoms with Crippen molar-refractivity contribution >= 4 is 68.9 Å². The lowest BCUT2D eigenvalue weighted by atomic mass is 9.95. The molecule has 182 valence electrons. The van der Waals surface area contributed by atoms with Gasteiger partial charge in [-0.15, -0.1) is 0 Å². The number of H-pyrrole nitrogens is 1. The van der Waals surface area contributed by atoms with E-state index in [1.807, 2.05) is 24.3 Å². The minimum Gasteiger partial charge on any atom is -0.453 e. The molecule has 1 aliphatic rings. The molecule has 2 heterocycles. The van der Waals surface area contributed by atoms with Crippen molar-refractivity contribution in [2.45, 2.75) is 48.7 Å². The Morgan fingerprint density at radius 2 is 2.00 bits per heavy atom. The lowest BCUT2D eigenvalue weighted by molar-refractivity contribution is -0.141. The molecule has 0 radical (unpaired) electrons. The maximum atomic E-state index is 12.6. The average Bonchev–Trinajstić information content (AvgIpc) is 3.06. The molecule has 1 amide bonds. The van der Waals surface area contributed by atoms with Crippen LogP contribution >= 0.6 is 46.6 Å². The molecule has 0 saturated heterocycles. The van der Waals surface area contributed by atoms with Crippen LogP contribution in [0, 0.1) is 0 Å². The number of carbonyl (C=O) groups is 2. The number of benzene rings is 1. The number of hydrogen-bond acceptors (Lipinski definition) is 7. The molecule has 0 unspecified atom stereocenters. The van der Waals surface area contributed by atoms with Gasteiger partial charge in [-0.25, -0.2) is 9.59 Å². The Labute approximate surface area is 211 Å². The van der Waals surface area contributed by atoms with Crippen LogP contribution in [0.15, 0.2) is 24.3 Å². The van der Waals surface area contributed by atoms with Crippen LogP contribution in [0.3, 0.4) is 0 Å². The molecule has 0 spiro atoms. The number of thioether (sulfide) groups is 1. The Hall–Kier alpha value is -1.36. The molecule has 8 nitrogen and oxygen atoms in total. The molecule has 1 aromatic carbocycles. The van der Waals surface area contributed by atoms with Crippen molar-refractivity contribution < 1.29 is 24.3 Å². The van der Waals surface area contributed by atoms with Crippen molar-refractivity contribution in [3.63, 3.8) is 0 Å². The first kappa shape index (κ1) is 26.2. The van der Waals surface area contributed by atoms with Gasteiger partial charge in [0.25, 0.3) is 0 Å². The maximum Gasteiger partial charge on any atom is 0.407 e. The standard InChI is InChI=1S/C21H26Cl3N3O5S/c1-20(2,3)32-18(28)26-15(10-33-19(29)31-11-21(22,23)24)17-16-13(8-9-27(17)30)12-6-4-5-7-14(12)25-16/h4-7,15,17,25,30H,8-11H2,1-3H3,(H,26,28)/t15-,17-/m0/s1. The van der Waals surface area contributed by atoms with E-state index in [1.54, 1.807) is 20.8 Å². The van der Waals surface area contributed by atoms with Crippen LogP contribution in [-0.4, -0.2) is 61.0 Å². The Morgan fingerprint density at radius 1 is 1.30 bits per heavy atom. The molecule has 3 N–H and O–H groups in total. The highest BCUT2D eigenvalue weighted by Crippen LogP contribution is 2.36. The van der Waals surface area contributed by atoms with Crippen molar-refractivity contribution in [1.29, 1.82) is 0 Å². The van der Waals surface area contributed by atoms with Gasteiger partial charge in [-0.3, -0.25) is 0 Å². The van der Waals surface area contributed by atoms with Crippen LogP contribution in [0.25, 0.3) is 10.9 Å². The van der Waals surface area contributed by atoms with E-state index in [-0.39, 0.29) is 5.75 Å². The molecule has 2 aromatic rings. The van der Waals surface area contributed by atoms with E-state index in [9.17, 15) is 14.8 Å². The number of amides is 1. The molecular formula is C21H26Cl3N3O5S. The number of alkyl carbamates (subject to hydrolysis) is 1. The number of halogens is 3. The third-order valence-electron chi connectivity index (χ3n) is 4.87. The highest BCUT2D eigenvalue weighted by atomic mass is 35.6. The fourth-order valence-corrected chi connectivity index (χ4v) is 4.56. The number of fused-ring (bicyclic) bond motifs is 3. The van der Waals surface area contributed by atoms with Crippen molar-refractivity contribution in [3.05, 3.63) is 35.5 Å². The SMILES string of the molecule is CC(C)(C)OC(=O)N[C@@H](CSC(=O)OCC(Cl)(Cl)Cl)[C@H]1c2[nH]c3ccccc3c2CCN1O. The summed E-state index contributed by atoms with van der Waals surface area (Å²) in [5, 5.41) is 15.1. The van der Waals surface area contributed by atoms with Gasteiger partial charge in [0.15, 0.2) is 0 Å². The zero-order valence-corrected chi connectivity index (χ0v) is 21.4. The molecule has 0 saturated carbocycles. The van der Waals surface area contributed by atoms with Crippen LogP contribution in [0.1, 0.15) is 38.1 Å². The van der Waals surface area contributed by atoms with Gasteiger partial charge in [0, 0.05) is 28.9 Å². The zero-order valence-electron chi connectivity index (χ0n) is 18.4. The lowest BCUT2D eigenvalue weighted by Crippen LogP contribution is -2.50. The number of nitrogens with zero attached hydrogens (tertiary/aromatic N) is 1. The number of carbonyl (C=O) groups excluding carboxylic acids is 2. The van der Waals surface area contributed by atoms with Gasteiger partial charge in [-0.2, -0.15) is 5.06 Å². The van der Waals surface area contributed by atoms with E-state index in [1.165, 1.54) is 0 Å². The minimum atomic E-state index is -1.73. The monoisotopic (exact) mass is 537 g/mol. The molecule has 1 aliphatic heterocycles. The van der Waals surface area contributed by atoms with E-state index < -0.39 is 39.5 Å². The summed E-state index contributed by atoms with van der Waals surface area (Å²) < 4.78 is 8.65. The predicted molar refractivity (Wildman–Crippen MR) is 130 cm³/mol. The number of hydrogen-bond donors (Lipinski definition) is 3. The first-order valence-electron chi connectivity index (χ1n) is 10.2. The molecule has 33 heavy (non-hydrogen) atoms. The zero-order chi connectivity index (χ0) is 24.4. The summed E-state index contributed by atoms with van der Waals surface area (Å²) in [6.45, 7) is 5.20. The number of hydroxylamine groups is 2. The number of nitrogens with one attached hydrogen (secondary N) is 2. The van der Waals surface area contributed by atoms with Gasteiger partial charge < -0.3 is 25.0 Å². The summed E-state index contributed by atoms with van der Waals surface area (Å²) in [6.07, 6.45) is -0.0383. The molecule has 0 aliphatic carbocycles. The number of aromatic nitrogens is 1. The van der Waals surface area contributed by atoms with Crippen LogP contribution in [0.4, 0.5) is 9.59 Å². The van der Waals surface area contributed by atoms with Crippen molar-refractivity contribution in [3.8, 4) is 0 Å². The Bertz CT molecular complexity index is 1010. The molecule has 1 aromatic heterocycles. The number of aromatic amines is 1. The number of rotatable bonds is 5. The third-order valence-corrected chi connectivity index (χ3v) is 6.08. The van der Waals surface area contributed by atoms with Crippen molar-refractivity contribution in [1.82, 2.24) is 15.4 Å². The van der Waals surface area contributed by atoms with Crippen molar-refractivity contribution in [2.24, 2.45) is 0 Å². The van der Waals surface area contributed by atoms with E-state index in [0.717, 1.165) is 39.0 Å². The summed E-state index contributed by atoms with van der Waals surface area (Å²) in [7, 11) is 0. The predicted octanol–water partition coefficient (Wildman–Crippen LogP) is 5.59. The molecule has 2 atom stereocenters. The minimum absolute atomic E-state index is 0.0778. The second kappa shape index (κ2) is 10.5. The second-order valence-electron chi connectivity index (χ2n) is 8.64. The fourth-order valence-electron chi connectivity index (χ4n) is 3.68. The lowest BCUT2D eigenvalue weighted by Gasteiger charge is -2.36. The summed E-state index contributed by atoms with van der Waals surface area (Å²) in [4.78, 5) is 28.1. The number of para-hydroxylation sites is 1. The molecular weight excluding hydrogens is 513 g/mol. The Kier molecular flexibility index (Phi) is 8.35. The van der Waals surface area contributed by atoms with Crippen molar-refractivity contribution in [2.75, 3.05) is 18.9 Å². The number of ether oxygens (including phenoxy) is 2. The van der Waals surface area contributed by atoms with Gasteiger partial charge >= 0.3 is 11.4 Å². The van der Waals surface area contributed by atoms with Gasteiger partial charge in [-0.1, -0.05) is 53.0 Å². The topological polar surface area (TPSA) is 104 Å². The van der Waals surface area contributed by atoms with Crippen LogP contribution in [0.5, 0.6) is 0 Å². The Morgan fingerprint density at radius 3 is 2.67 bits per heavy atom. The molecule has 0 bridgehead atoms. The maximum absolute atomic E-state index is 12.6. The molecule has 0 fully saturated rings. The number of alkyl halides is 3. The fraction of sp³-hybridized carbons (Fsp3) is 0.524. The third kappa shape index (κ3) is 7.31. The van der Waals surface area contributed by atoms with E-state index in [4.69, 9.17) is 44.3 Å². The van der Waals surface area contributed by atoms with E-state index in [0.29, 0.717) is 13.0 Å². The first-order chi connectivity index (χ1) is 15.3. The van der Waals surface area contributed by atoms with E-state index in [2.05, 4.69) is 10.3 Å². The first-order valence-corrected chi connectivity index (χ1v) is 12.4. The van der Waals surface area contributed by atoms with Gasteiger partial charge in [0.05, 0.1) is 12.1 Å². The highest BCUT2D eigenvalue weighted by Gasteiger charge is 2.38. The van der Waals surface area contributed by atoms with Crippen LogP contribution in [-0.2, 0) is 15.9 Å². The summed E-state index contributed by atoms with van der Waals surface area (Å²) in [5.41, 5.74) is 2.03. The highest BCUT2D eigenvalue weighted by molar-refractivity contribution is 8.13. The summed E-state index contributed by atoms with van der Waals surface area (Å²) in [6, 6.07) is 6.47. The molecule has 3 rings (SSSR count). The largest absolute Gasteiger partial charge is 0.453 e. The van der Waals surface area contributed by atoms with Gasteiger partial charge in [0.2, 0.25) is 3.79 Å². The normalized spacial score (nSPS) is 18.0. The Balaban J connectivity index is 1.85. The summed E-state index contributed by atoms with van der Waals surface area (Å²) in [5.74, 6) is 0.0778. The smallest absolute Gasteiger partial charge is 0.407 e. The van der Waals surface area contributed by atoms with E-state index >= 15 is 0 Å². The van der Waals surface area contributed by atoms with Gasteiger partial charge in [-0.05, 0) is 50.6 Å². The second-order valence-corrected chi connectivity index (χ2v) is 12.1.